The summed E-state index contributed by atoms with van der Waals surface area (Å²) in [6, 6.07) is -0.368. The molecule has 1 heterocycles. The van der Waals surface area contributed by atoms with Gasteiger partial charge in [0, 0.05) is 19.5 Å². The Morgan fingerprint density at radius 2 is 2.22 bits per heavy atom. The molecule has 0 spiro atoms. The minimum Gasteiger partial charge on any atom is -0.480 e. The monoisotopic (exact) mass is 326 g/mol. The first kappa shape index (κ1) is 19.6. The van der Waals surface area contributed by atoms with Crippen LogP contribution in [0.1, 0.15) is 46.5 Å². The van der Waals surface area contributed by atoms with Crippen LogP contribution >= 0.6 is 0 Å². The second kappa shape index (κ2) is 10.4. The Hall–Kier alpha value is -1.40. The van der Waals surface area contributed by atoms with Crippen molar-refractivity contribution in [2.24, 2.45) is 5.92 Å². The number of carbonyl (C=O) groups excluding carboxylic acids is 1. The average molecular weight is 326 g/mol. The highest BCUT2D eigenvalue weighted by molar-refractivity contribution is 5.74. The Bertz CT molecular complexity index is 411. The third-order valence-corrected chi connectivity index (χ3v) is 4.13. The summed E-state index contributed by atoms with van der Waals surface area (Å²) in [5.41, 5.74) is 0. The molecule has 1 aliphatic heterocycles. The summed E-state index contributed by atoms with van der Waals surface area (Å²) in [6.07, 6.45) is 7.48. The van der Waals surface area contributed by atoms with Crippen molar-refractivity contribution < 1.29 is 19.4 Å². The fourth-order valence-corrected chi connectivity index (χ4v) is 3.09. The molecule has 1 fully saturated rings. The average Bonchev–Trinajstić information content (AvgIpc) is 2.87. The lowest BCUT2D eigenvalue weighted by molar-refractivity contribution is -0.139. The molecule has 1 amide bonds. The Balaban J connectivity index is 2.54. The Morgan fingerprint density at radius 1 is 1.48 bits per heavy atom. The number of aliphatic carboxylic acids is 1. The summed E-state index contributed by atoms with van der Waals surface area (Å²) in [7, 11) is 0. The van der Waals surface area contributed by atoms with Gasteiger partial charge in [-0.15, -0.1) is 0 Å². The lowest BCUT2D eigenvalue weighted by Crippen LogP contribution is -2.38. The van der Waals surface area contributed by atoms with Gasteiger partial charge in [-0.3, -0.25) is 9.59 Å². The molecule has 1 rings (SSSR count). The van der Waals surface area contributed by atoms with Gasteiger partial charge in [0.1, 0.15) is 6.04 Å². The molecule has 1 aliphatic rings. The van der Waals surface area contributed by atoms with E-state index < -0.39 is 12.0 Å². The van der Waals surface area contributed by atoms with Crippen LogP contribution in [0.4, 0.5) is 0 Å². The van der Waals surface area contributed by atoms with E-state index in [2.05, 4.69) is 23.6 Å². The Morgan fingerprint density at radius 3 is 2.78 bits per heavy atom. The van der Waals surface area contributed by atoms with Gasteiger partial charge in [-0.05, 0) is 32.1 Å². The molecule has 3 N–H and O–H groups in total. The SMILES string of the molecule is C/C=C\[C@@H]1C[C@H](C(=O)O)N[C@@H]1C[C@H](CCC)OCCNC(C)=O. The van der Waals surface area contributed by atoms with Crippen LogP contribution in [0.2, 0.25) is 0 Å². The molecule has 0 bridgehead atoms. The number of carboxylic acids is 1. The van der Waals surface area contributed by atoms with Crippen molar-refractivity contribution in [3.05, 3.63) is 12.2 Å². The number of hydrogen-bond donors (Lipinski definition) is 3. The van der Waals surface area contributed by atoms with Gasteiger partial charge in [0.05, 0.1) is 12.7 Å². The third kappa shape index (κ3) is 7.14. The normalized spacial score (nSPS) is 25.6. The number of amides is 1. The molecule has 23 heavy (non-hydrogen) atoms. The van der Waals surface area contributed by atoms with Crippen LogP contribution < -0.4 is 10.6 Å². The molecule has 0 aromatic heterocycles. The fraction of sp³-hybridized carbons (Fsp3) is 0.765. The number of nitrogens with one attached hydrogen (secondary N) is 2. The molecule has 6 heteroatoms. The van der Waals surface area contributed by atoms with Gasteiger partial charge < -0.3 is 20.5 Å². The van der Waals surface area contributed by atoms with Crippen molar-refractivity contribution in [3.8, 4) is 0 Å². The second-order valence-corrected chi connectivity index (χ2v) is 6.09. The summed E-state index contributed by atoms with van der Waals surface area (Å²) in [5.74, 6) is -0.629. The molecule has 0 radical (unpaired) electrons. The number of rotatable bonds is 10. The zero-order valence-corrected chi connectivity index (χ0v) is 14.4. The van der Waals surface area contributed by atoms with E-state index in [4.69, 9.17) is 4.74 Å². The fourth-order valence-electron chi connectivity index (χ4n) is 3.09. The molecule has 0 unspecified atom stereocenters. The van der Waals surface area contributed by atoms with Gasteiger partial charge in [-0.25, -0.2) is 0 Å². The maximum atomic E-state index is 11.2. The third-order valence-electron chi connectivity index (χ3n) is 4.13. The zero-order chi connectivity index (χ0) is 17.2. The summed E-state index contributed by atoms with van der Waals surface area (Å²) in [5, 5.41) is 15.2. The molecule has 0 aromatic carbocycles. The van der Waals surface area contributed by atoms with E-state index in [1.54, 1.807) is 0 Å². The number of allylic oxidation sites excluding steroid dienone is 1. The van der Waals surface area contributed by atoms with Crippen molar-refractivity contribution in [2.75, 3.05) is 13.2 Å². The maximum Gasteiger partial charge on any atom is 0.320 e. The topological polar surface area (TPSA) is 87.7 Å². The first-order chi connectivity index (χ1) is 11.0. The molecule has 132 valence electrons. The van der Waals surface area contributed by atoms with Gasteiger partial charge in [0.2, 0.25) is 5.91 Å². The van der Waals surface area contributed by atoms with Crippen LogP contribution in [-0.4, -0.2) is 48.3 Å². The smallest absolute Gasteiger partial charge is 0.320 e. The van der Waals surface area contributed by atoms with E-state index in [0.717, 1.165) is 19.3 Å². The van der Waals surface area contributed by atoms with Gasteiger partial charge in [-0.1, -0.05) is 25.5 Å². The number of carbonyl (C=O) groups is 2. The van der Waals surface area contributed by atoms with E-state index in [-0.39, 0.29) is 24.0 Å². The van der Waals surface area contributed by atoms with Crippen LogP contribution in [0.25, 0.3) is 0 Å². The predicted molar refractivity (Wildman–Crippen MR) is 89.2 cm³/mol. The van der Waals surface area contributed by atoms with Crippen LogP contribution in [0, 0.1) is 5.92 Å². The summed E-state index contributed by atoms with van der Waals surface area (Å²) < 4.78 is 5.89. The van der Waals surface area contributed by atoms with Gasteiger partial charge in [0.25, 0.3) is 0 Å². The van der Waals surface area contributed by atoms with Crippen molar-refractivity contribution in [1.29, 1.82) is 0 Å². The standard InChI is InChI=1S/C17H30N2O4/c1-4-6-13-10-16(17(21)22)19-15(13)11-14(7-5-2)23-9-8-18-12(3)20/h4,6,13-16,19H,5,7-11H2,1-3H3,(H,18,20)(H,21,22)/b6-4-/t13-,14+,15-,16-/m1/s1. The highest BCUT2D eigenvalue weighted by Gasteiger charge is 2.36. The molecule has 1 saturated heterocycles. The summed E-state index contributed by atoms with van der Waals surface area (Å²) in [4.78, 5) is 22.1. The highest BCUT2D eigenvalue weighted by atomic mass is 16.5. The van der Waals surface area contributed by atoms with Crippen molar-refractivity contribution in [3.63, 3.8) is 0 Å². The van der Waals surface area contributed by atoms with Crippen molar-refractivity contribution >= 4 is 11.9 Å². The number of hydrogen-bond acceptors (Lipinski definition) is 4. The molecule has 0 aromatic rings. The van der Waals surface area contributed by atoms with Crippen LogP contribution in [0.5, 0.6) is 0 Å². The van der Waals surface area contributed by atoms with Crippen LogP contribution in [0.15, 0.2) is 12.2 Å². The van der Waals surface area contributed by atoms with Gasteiger partial charge >= 0.3 is 5.97 Å². The zero-order valence-electron chi connectivity index (χ0n) is 14.4. The Labute approximate surface area is 138 Å². The highest BCUT2D eigenvalue weighted by Crippen LogP contribution is 2.27. The largest absolute Gasteiger partial charge is 0.480 e. The molecule has 0 aliphatic carbocycles. The molecular formula is C17H30N2O4. The van der Waals surface area contributed by atoms with E-state index in [1.165, 1.54) is 6.92 Å². The van der Waals surface area contributed by atoms with Crippen LogP contribution in [-0.2, 0) is 14.3 Å². The predicted octanol–water partition coefficient (Wildman–Crippen LogP) is 1.71. The minimum absolute atomic E-state index is 0.0597. The van der Waals surface area contributed by atoms with E-state index >= 15 is 0 Å². The number of ether oxygens (including phenoxy) is 1. The minimum atomic E-state index is -0.791. The van der Waals surface area contributed by atoms with Gasteiger partial charge in [0.15, 0.2) is 0 Å². The first-order valence-electron chi connectivity index (χ1n) is 8.45. The van der Waals surface area contributed by atoms with Gasteiger partial charge in [-0.2, -0.15) is 0 Å². The molecule has 0 saturated carbocycles. The van der Waals surface area contributed by atoms with Crippen LogP contribution in [0.3, 0.4) is 0 Å². The Kier molecular flexibility index (Phi) is 8.87. The van der Waals surface area contributed by atoms with E-state index in [0.29, 0.717) is 19.6 Å². The molecule has 4 atom stereocenters. The van der Waals surface area contributed by atoms with E-state index in [9.17, 15) is 14.7 Å². The molecular weight excluding hydrogens is 296 g/mol. The summed E-state index contributed by atoms with van der Waals surface area (Å²) in [6.45, 7) is 6.53. The second-order valence-electron chi connectivity index (χ2n) is 6.09. The maximum absolute atomic E-state index is 11.2. The quantitative estimate of drug-likeness (QED) is 0.420. The lowest BCUT2D eigenvalue weighted by atomic mass is 9.93. The van der Waals surface area contributed by atoms with Crippen molar-refractivity contribution in [2.45, 2.75) is 64.6 Å². The number of carboxylic acid groups (broad SMARTS) is 1. The van der Waals surface area contributed by atoms with Crippen molar-refractivity contribution in [1.82, 2.24) is 10.6 Å². The van der Waals surface area contributed by atoms with E-state index in [1.807, 2.05) is 13.0 Å². The lowest BCUT2D eigenvalue weighted by Gasteiger charge is -2.24. The molecule has 6 nitrogen and oxygen atoms in total. The first-order valence-corrected chi connectivity index (χ1v) is 8.45. The summed E-state index contributed by atoms with van der Waals surface area (Å²) >= 11 is 0.